The molecule has 0 N–H and O–H groups in total. The van der Waals surface area contributed by atoms with Crippen LogP contribution in [0.3, 0.4) is 0 Å². The lowest BCUT2D eigenvalue weighted by Crippen LogP contribution is -2.07. The lowest BCUT2D eigenvalue weighted by molar-refractivity contribution is -0.137. The van der Waals surface area contributed by atoms with E-state index in [1.165, 1.54) is 24.3 Å². The maximum absolute atomic E-state index is 12.4. The fourth-order valence-electron chi connectivity index (χ4n) is 1.61. The van der Waals surface area contributed by atoms with Gasteiger partial charge in [-0.1, -0.05) is 23.7 Å². The van der Waals surface area contributed by atoms with Crippen molar-refractivity contribution in [2.75, 3.05) is 0 Å². The van der Waals surface area contributed by atoms with E-state index in [0.29, 0.717) is 16.1 Å². The highest BCUT2D eigenvalue weighted by molar-refractivity contribution is 6.30. The van der Waals surface area contributed by atoms with Crippen LogP contribution in [-0.4, -0.2) is 5.97 Å². The minimum absolute atomic E-state index is 0.0976. The molecule has 6 heteroatoms. The monoisotopic (exact) mass is 314 g/mol. The molecule has 0 spiro atoms. The summed E-state index contributed by atoms with van der Waals surface area (Å²) in [6.45, 7) is -0.0976. The van der Waals surface area contributed by atoms with E-state index in [1.54, 1.807) is 12.1 Å². The zero-order valence-corrected chi connectivity index (χ0v) is 11.4. The highest BCUT2D eigenvalue weighted by atomic mass is 35.5. The molecule has 0 heterocycles. The summed E-state index contributed by atoms with van der Waals surface area (Å²) in [5.74, 6) is -0.563. The minimum Gasteiger partial charge on any atom is -0.457 e. The van der Waals surface area contributed by atoms with Crippen LogP contribution in [0.5, 0.6) is 0 Å². The second kappa shape index (κ2) is 6.18. The van der Waals surface area contributed by atoms with Crippen LogP contribution < -0.4 is 0 Å². The van der Waals surface area contributed by atoms with Gasteiger partial charge in [0.25, 0.3) is 0 Å². The number of carbonyl (C=O) groups excluding carboxylic acids is 1. The van der Waals surface area contributed by atoms with E-state index in [4.69, 9.17) is 16.3 Å². The Labute approximate surface area is 124 Å². The van der Waals surface area contributed by atoms with Gasteiger partial charge in [-0.05, 0) is 42.0 Å². The first-order valence-electron chi connectivity index (χ1n) is 5.95. The van der Waals surface area contributed by atoms with Gasteiger partial charge in [0, 0.05) is 5.02 Å². The molecule has 110 valence electrons. The summed E-state index contributed by atoms with van der Waals surface area (Å²) in [6.07, 6.45) is -4.38. The third kappa shape index (κ3) is 4.23. The Morgan fingerprint density at radius 2 is 1.57 bits per heavy atom. The van der Waals surface area contributed by atoms with E-state index in [1.807, 2.05) is 0 Å². The zero-order chi connectivity index (χ0) is 15.5. The summed E-state index contributed by atoms with van der Waals surface area (Å²) in [7, 11) is 0. The molecule has 0 unspecified atom stereocenters. The molecule has 2 rings (SSSR count). The van der Waals surface area contributed by atoms with Crippen molar-refractivity contribution in [1.82, 2.24) is 0 Å². The van der Waals surface area contributed by atoms with Crippen molar-refractivity contribution in [3.05, 3.63) is 70.2 Å². The number of ether oxygens (including phenoxy) is 1. The smallest absolute Gasteiger partial charge is 0.416 e. The summed E-state index contributed by atoms with van der Waals surface area (Å²) >= 11 is 5.70. The first-order valence-corrected chi connectivity index (χ1v) is 6.33. The van der Waals surface area contributed by atoms with Crippen LogP contribution in [0.1, 0.15) is 21.5 Å². The topological polar surface area (TPSA) is 26.3 Å². The van der Waals surface area contributed by atoms with Gasteiger partial charge < -0.3 is 4.74 Å². The fraction of sp³-hybridized carbons (Fsp3) is 0.133. The molecule has 0 amide bonds. The van der Waals surface area contributed by atoms with E-state index in [-0.39, 0.29) is 6.61 Å². The Hall–Kier alpha value is -2.01. The van der Waals surface area contributed by atoms with Gasteiger partial charge >= 0.3 is 12.1 Å². The average molecular weight is 315 g/mol. The Kier molecular flexibility index (Phi) is 4.53. The van der Waals surface area contributed by atoms with E-state index in [9.17, 15) is 18.0 Å². The number of rotatable bonds is 3. The predicted octanol–water partition coefficient (Wildman–Crippen LogP) is 4.72. The first kappa shape index (κ1) is 15.4. The quantitative estimate of drug-likeness (QED) is 0.767. The van der Waals surface area contributed by atoms with Crippen LogP contribution in [-0.2, 0) is 17.5 Å². The second-order valence-electron chi connectivity index (χ2n) is 4.28. The molecule has 2 nitrogen and oxygen atoms in total. The molecule has 2 aromatic carbocycles. The highest BCUT2D eigenvalue weighted by Gasteiger charge is 2.29. The number of esters is 1. The van der Waals surface area contributed by atoms with Gasteiger partial charge in [-0.3, -0.25) is 0 Å². The molecule has 0 aliphatic heterocycles. The summed E-state index contributed by atoms with van der Waals surface area (Å²) < 4.78 is 42.2. The maximum atomic E-state index is 12.4. The summed E-state index contributed by atoms with van der Waals surface area (Å²) in [5, 5.41) is 0.495. The molecule has 0 saturated carbocycles. The summed E-state index contributed by atoms with van der Waals surface area (Å²) in [5.41, 5.74) is 0.0619. The molecule has 0 aromatic heterocycles. The Bertz CT molecular complexity index is 619. The van der Waals surface area contributed by atoms with Crippen molar-refractivity contribution in [3.8, 4) is 0 Å². The molecule has 0 saturated heterocycles. The fourth-order valence-corrected chi connectivity index (χ4v) is 1.73. The van der Waals surface area contributed by atoms with Gasteiger partial charge in [-0.2, -0.15) is 13.2 Å². The third-order valence-electron chi connectivity index (χ3n) is 2.73. The van der Waals surface area contributed by atoms with Gasteiger partial charge in [0.1, 0.15) is 6.61 Å². The van der Waals surface area contributed by atoms with Crippen LogP contribution >= 0.6 is 11.6 Å². The number of hydrogen-bond donors (Lipinski definition) is 0. The Balaban J connectivity index is 1.97. The summed E-state index contributed by atoms with van der Waals surface area (Å²) in [6, 6.07) is 10.6. The molecule has 0 radical (unpaired) electrons. The first-order chi connectivity index (χ1) is 9.86. The van der Waals surface area contributed by atoms with Gasteiger partial charge in [0.2, 0.25) is 0 Å². The van der Waals surface area contributed by atoms with E-state index in [0.717, 1.165) is 12.1 Å². The molecule has 0 bridgehead atoms. The van der Waals surface area contributed by atoms with Crippen molar-refractivity contribution < 1.29 is 22.7 Å². The van der Waals surface area contributed by atoms with Crippen LogP contribution in [0.15, 0.2) is 48.5 Å². The summed E-state index contributed by atoms with van der Waals surface area (Å²) in [4.78, 5) is 11.7. The number of hydrogen-bond acceptors (Lipinski definition) is 2. The predicted molar refractivity (Wildman–Crippen MR) is 72.0 cm³/mol. The number of halogens is 4. The van der Waals surface area contributed by atoms with Gasteiger partial charge in [0.05, 0.1) is 11.1 Å². The SMILES string of the molecule is O=C(OCc1ccc(C(F)(F)F)cc1)c1ccc(Cl)cc1. The third-order valence-corrected chi connectivity index (χ3v) is 2.98. The van der Waals surface area contributed by atoms with E-state index < -0.39 is 17.7 Å². The largest absolute Gasteiger partial charge is 0.457 e. The van der Waals surface area contributed by atoms with Crippen molar-refractivity contribution in [3.63, 3.8) is 0 Å². The molecule has 0 aliphatic rings. The number of benzene rings is 2. The average Bonchev–Trinajstić information content (AvgIpc) is 2.45. The lowest BCUT2D eigenvalue weighted by atomic mass is 10.1. The normalized spacial score (nSPS) is 11.2. The van der Waals surface area contributed by atoms with Crippen molar-refractivity contribution >= 4 is 17.6 Å². The maximum Gasteiger partial charge on any atom is 0.416 e. The number of carbonyl (C=O) groups is 1. The van der Waals surface area contributed by atoms with Gasteiger partial charge in [0.15, 0.2) is 0 Å². The van der Waals surface area contributed by atoms with Crippen molar-refractivity contribution in [2.24, 2.45) is 0 Å². The Morgan fingerprint density at radius 1 is 1.00 bits per heavy atom. The van der Waals surface area contributed by atoms with Crippen molar-refractivity contribution in [2.45, 2.75) is 12.8 Å². The standard InChI is InChI=1S/C15H10ClF3O2/c16-13-7-3-11(4-8-13)14(20)21-9-10-1-5-12(6-2-10)15(17,18)19/h1-8H,9H2. The second-order valence-corrected chi connectivity index (χ2v) is 4.71. The molecule has 21 heavy (non-hydrogen) atoms. The zero-order valence-electron chi connectivity index (χ0n) is 10.7. The molecule has 0 aliphatic carbocycles. The van der Waals surface area contributed by atoms with Crippen LogP contribution in [0.4, 0.5) is 13.2 Å². The van der Waals surface area contributed by atoms with E-state index in [2.05, 4.69) is 0 Å². The number of alkyl halides is 3. The van der Waals surface area contributed by atoms with Gasteiger partial charge in [-0.25, -0.2) is 4.79 Å². The Morgan fingerprint density at radius 3 is 2.10 bits per heavy atom. The van der Waals surface area contributed by atoms with E-state index >= 15 is 0 Å². The van der Waals surface area contributed by atoms with Crippen LogP contribution in [0.25, 0.3) is 0 Å². The van der Waals surface area contributed by atoms with Gasteiger partial charge in [-0.15, -0.1) is 0 Å². The molecule has 0 atom stereocenters. The van der Waals surface area contributed by atoms with Crippen LogP contribution in [0, 0.1) is 0 Å². The minimum atomic E-state index is -4.38. The van der Waals surface area contributed by atoms with Crippen molar-refractivity contribution in [1.29, 1.82) is 0 Å². The van der Waals surface area contributed by atoms with Crippen LogP contribution in [0.2, 0.25) is 5.02 Å². The molecular weight excluding hydrogens is 305 g/mol. The lowest BCUT2D eigenvalue weighted by Gasteiger charge is -2.08. The molecule has 2 aromatic rings. The molecular formula is C15H10ClF3O2. The highest BCUT2D eigenvalue weighted by Crippen LogP contribution is 2.29. The molecule has 0 fully saturated rings.